The van der Waals surface area contributed by atoms with Gasteiger partial charge in [0.1, 0.15) is 18.2 Å². The second-order valence-corrected chi connectivity index (χ2v) is 8.88. The van der Waals surface area contributed by atoms with Crippen molar-refractivity contribution >= 4 is 11.7 Å². The summed E-state index contributed by atoms with van der Waals surface area (Å²) in [5.41, 5.74) is 5.90. The molecule has 6 heteroatoms. The Morgan fingerprint density at radius 2 is 1.62 bits per heavy atom. The van der Waals surface area contributed by atoms with Crippen LogP contribution in [0.2, 0.25) is 0 Å². The lowest BCUT2D eigenvalue weighted by atomic mass is 10.0. The zero-order chi connectivity index (χ0) is 23.9. The van der Waals surface area contributed by atoms with E-state index in [1.54, 1.807) is 0 Å². The minimum atomic E-state index is 0.0450. The summed E-state index contributed by atoms with van der Waals surface area (Å²) in [7, 11) is 0. The van der Waals surface area contributed by atoms with Crippen molar-refractivity contribution < 1.29 is 9.53 Å². The number of amides is 1. The fourth-order valence-electron chi connectivity index (χ4n) is 4.37. The lowest BCUT2D eigenvalue weighted by Gasteiger charge is -2.36. The van der Waals surface area contributed by atoms with Crippen molar-refractivity contribution in [1.29, 1.82) is 0 Å². The summed E-state index contributed by atoms with van der Waals surface area (Å²) in [5, 5.41) is 0. The molecule has 6 nitrogen and oxygen atoms in total. The van der Waals surface area contributed by atoms with Crippen LogP contribution >= 0.6 is 0 Å². The Hall–Kier alpha value is -3.25. The standard InChI is InChI=1S/C28H34N4O2/c1-4-26-25(18-23-12-10-21(2)11-13-23)28(30-22(3)29-26)32-16-14-31(15-17-32)27(33)20-34-19-24-8-6-5-7-9-24/h5-13H,4,14-20H2,1-3H3. The monoisotopic (exact) mass is 458 g/mol. The topological polar surface area (TPSA) is 58.6 Å². The van der Waals surface area contributed by atoms with Crippen molar-refractivity contribution in [2.24, 2.45) is 0 Å². The molecule has 1 amide bonds. The second kappa shape index (κ2) is 11.3. The number of rotatable bonds is 8. The van der Waals surface area contributed by atoms with Crippen LogP contribution in [0.1, 0.15) is 40.7 Å². The molecular formula is C28H34N4O2. The van der Waals surface area contributed by atoms with Crippen LogP contribution in [0.3, 0.4) is 0 Å². The maximum atomic E-state index is 12.7. The molecule has 2 heterocycles. The van der Waals surface area contributed by atoms with Crippen LogP contribution < -0.4 is 4.90 Å². The van der Waals surface area contributed by atoms with Gasteiger partial charge in [-0.1, -0.05) is 67.1 Å². The zero-order valence-electron chi connectivity index (χ0n) is 20.5. The Kier molecular flexibility index (Phi) is 7.91. The highest BCUT2D eigenvalue weighted by molar-refractivity contribution is 5.77. The van der Waals surface area contributed by atoms with Gasteiger partial charge in [0, 0.05) is 43.9 Å². The number of aryl methyl sites for hydroxylation is 3. The smallest absolute Gasteiger partial charge is 0.248 e. The van der Waals surface area contributed by atoms with Crippen molar-refractivity contribution in [1.82, 2.24) is 14.9 Å². The molecule has 0 N–H and O–H groups in total. The van der Waals surface area contributed by atoms with Crippen LogP contribution in [-0.2, 0) is 29.0 Å². The number of anilines is 1. The number of hydrogen-bond donors (Lipinski definition) is 0. The lowest BCUT2D eigenvalue weighted by molar-refractivity contribution is -0.136. The van der Waals surface area contributed by atoms with E-state index in [0.717, 1.165) is 48.8 Å². The van der Waals surface area contributed by atoms with Gasteiger partial charge in [-0.25, -0.2) is 9.97 Å². The zero-order valence-corrected chi connectivity index (χ0v) is 20.5. The van der Waals surface area contributed by atoms with Crippen LogP contribution in [-0.4, -0.2) is 53.6 Å². The molecule has 4 rings (SSSR count). The molecule has 0 spiro atoms. The van der Waals surface area contributed by atoms with E-state index >= 15 is 0 Å². The molecule has 0 atom stereocenters. The molecule has 3 aromatic rings. The summed E-state index contributed by atoms with van der Waals surface area (Å²) in [6, 6.07) is 18.6. The number of ether oxygens (including phenoxy) is 1. The van der Waals surface area contributed by atoms with Gasteiger partial charge in [-0.15, -0.1) is 0 Å². The van der Waals surface area contributed by atoms with E-state index in [-0.39, 0.29) is 12.5 Å². The van der Waals surface area contributed by atoms with Gasteiger partial charge in [0.2, 0.25) is 5.91 Å². The first-order chi connectivity index (χ1) is 16.5. The third-order valence-electron chi connectivity index (χ3n) is 6.29. The first-order valence-corrected chi connectivity index (χ1v) is 12.1. The Bertz CT molecular complexity index is 1090. The molecule has 1 aliphatic rings. The Labute approximate surface area is 202 Å². The fourth-order valence-corrected chi connectivity index (χ4v) is 4.37. The molecular weight excluding hydrogens is 424 g/mol. The van der Waals surface area contributed by atoms with Crippen LogP contribution in [0.5, 0.6) is 0 Å². The molecule has 0 radical (unpaired) electrons. The molecule has 0 saturated carbocycles. The molecule has 2 aromatic carbocycles. The van der Waals surface area contributed by atoms with Gasteiger partial charge in [-0.3, -0.25) is 4.79 Å². The molecule has 0 bridgehead atoms. The summed E-state index contributed by atoms with van der Waals surface area (Å²) in [6.45, 7) is 9.63. The van der Waals surface area contributed by atoms with Crippen molar-refractivity contribution in [3.8, 4) is 0 Å². The van der Waals surface area contributed by atoms with Gasteiger partial charge in [-0.05, 0) is 31.4 Å². The van der Waals surface area contributed by atoms with Gasteiger partial charge in [0.15, 0.2) is 0 Å². The quantitative estimate of drug-likeness (QED) is 0.508. The van der Waals surface area contributed by atoms with Gasteiger partial charge in [-0.2, -0.15) is 0 Å². The molecule has 1 saturated heterocycles. The Morgan fingerprint density at radius 1 is 0.912 bits per heavy atom. The summed E-state index contributed by atoms with van der Waals surface area (Å²) in [6.07, 6.45) is 1.68. The average molecular weight is 459 g/mol. The minimum Gasteiger partial charge on any atom is -0.367 e. The van der Waals surface area contributed by atoms with E-state index in [0.29, 0.717) is 19.7 Å². The number of nitrogens with zero attached hydrogens (tertiary/aromatic N) is 4. The van der Waals surface area contributed by atoms with E-state index < -0.39 is 0 Å². The van der Waals surface area contributed by atoms with Crippen LogP contribution in [0.4, 0.5) is 5.82 Å². The number of benzene rings is 2. The van der Waals surface area contributed by atoms with Crippen molar-refractivity contribution in [3.63, 3.8) is 0 Å². The SMILES string of the molecule is CCc1nc(C)nc(N2CCN(C(=O)COCc3ccccc3)CC2)c1Cc1ccc(C)cc1. The van der Waals surface area contributed by atoms with Crippen molar-refractivity contribution in [3.05, 3.63) is 88.4 Å². The van der Waals surface area contributed by atoms with E-state index in [9.17, 15) is 4.79 Å². The van der Waals surface area contributed by atoms with Crippen molar-refractivity contribution in [2.45, 2.75) is 40.2 Å². The van der Waals surface area contributed by atoms with Crippen LogP contribution in [0.15, 0.2) is 54.6 Å². The maximum Gasteiger partial charge on any atom is 0.248 e. The molecule has 1 fully saturated rings. The largest absolute Gasteiger partial charge is 0.367 e. The van der Waals surface area contributed by atoms with E-state index in [2.05, 4.69) is 43.0 Å². The molecule has 0 aliphatic carbocycles. The third kappa shape index (κ3) is 6.00. The normalized spacial score (nSPS) is 13.9. The second-order valence-electron chi connectivity index (χ2n) is 8.88. The first kappa shape index (κ1) is 23.9. The highest BCUT2D eigenvalue weighted by Crippen LogP contribution is 2.26. The summed E-state index contributed by atoms with van der Waals surface area (Å²) in [4.78, 5) is 26.5. The van der Waals surface area contributed by atoms with Crippen LogP contribution in [0.25, 0.3) is 0 Å². The first-order valence-electron chi connectivity index (χ1n) is 12.1. The Morgan fingerprint density at radius 3 is 2.29 bits per heavy atom. The lowest BCUT2D eigenvalue weighted by Crippen LogP contribution is -2.50. The van der Waals surface area contributed by atoms with Crippen LogP contribution in [0, 0.1) is 13.8 Å². The van der Waals surface area contributed by atoms with E-state index in [4.69, 9.17) is 14.7 Å². The average Bonchev–Trinajstić information content (AvgIpc) is 2.86. The predicted molar refractivity (Wildman–Crippen MR) is 135 cm³/mol. The highest BCUT2D eigenvalue weighted by Gasteiger charge is 2.25. The summed E-state index contributed by atoms with van der Waals surface area (Å²) >= 11 is 0. The number of carbonyl (C=O) groups excluding carboxylic acids is 1. The van der Waals surface area contributed by atoms with E-state index in [1.807, 2.05) is 42.2 Å². The number of hydrogen-bond acceptors (Lipinski definition) is 5. The van der Waals surface area contributed by atoms with Gasteiger partial charge in [0.05, 0.1) is 6.61 Å². The maximum absolute atomic E-state index is 12.7. The highest BCUT2D eigenvalue weighted by atomic mass is 16.5. The minimum absolute atomic E-state index is 0.0450. The number of piperazine rings is 1. The molecule has 34 heavy (non-hydrogen) atoms. The molecule has 1 aromatic heterocycles. The number of carbonyl (C=O) groups is 1. The van der Waals surface area contributed by atoms with Gasteiger partial charge >= 0.3 is 0 Å². The number of aromatic nitrogens is 2. The van der Waals surface area contributed by atoms with Gasteiger partial charge < -0.3 is 14.5 Å². The predicted octanol–water partition coefficient (Wildman–Crippen LogP) is 4.11. The fraction of sp³-hybridized carbons (Fsp3) is 0.393. The van der Waals surface area contributed by atoms with E-state index in [1.165, 1.54) is 16.7 Å². The molecule has 178 valence electrons. The van der Waals surface area contributed by atoms with Gasteiger partial charge in [0.25, 0.3) is 0 Å². The summed E-state index contributed by atoms with van der Waals surface area (Å²) in [5.74, 6) is 1.85. The van der Waals surface area contributed by atoms with Crippen molar-refractivity contribution in [2.75, 3.05) is 37.7 Å². The molecule has 0 unspecified atom stereocenters. The molecule has 1 aliphatic heterocycles. The third-order valence-corrected chi connectivity index (χ3v) is 6.29. The Balaban J connectivity index is 1.40. The summed E-state index contributed by atoms with van der Waals surface area (Å²) < 4.78 is 5.66.